The van der Waals surface area contributed by atoms with E-state index < -0.39 is 6.10 Å². The number of aryl methyl sites for hydroxylation is 1. The third kappa shape index (κ3) is 2.43. The second kappa shape index (κ2) is 5.30. The van der Waals surface area contributed by atoms with Gasteiger partial charge in [0, 0.05) is 11.8 Å². The van der Waals surface area contributed by atoms with Crippen molar-refractivity contribution in [3.05, 3.63) is 59.7 Å². The zero-order valence-electron chi connectivity index (χ0n) is 12.0. The zero-order valence-corrected chi connectivity index (χ0v) is 12.0. The predicted octanol–water partition coefficient (Wildman–Crippen LogP) is 3.76. The number of aliphatic hydroxyl groups excluding tert-OH is 1. The number of hydrogen-bond acceptors (Lipinski definition) is 2. The lowest BCUT2D eigenvalue weighted by atomic mass is 10.0. The van der Waals surface area contributed by atoms with Crippen molar-refractivity contribution in [2.75, 3.05) is 0 Å². The fraction of sp³-hybridized carbons (Fsp3) is 0.235. The predicted molar refractivity (Wildman–Crippen MR) is 80.6 cm³/mol. The van der Waals surface area contributed by atoms with Gasteiger partial charge in [0.2, 0.25) is 0 Å². The van der Waals surface area contributed by atoms with Crippen LogP contribution in [0.25, 0.3) is 16.9 Å². The van der Waals surface area contributed by atoms with Crippen LogP contribution in [0, 0.1) is 5.82 Å². The highest BCUT2D eigenvalue weighted by Gasteiger charge is 2.18. The Balaban J connectivity index is 2.23. The van der Waals surface area contributed by atoms with Crippen LogP contribution in [0.2, 0.25) is 0 Å². The summed E-state index contributed by atoms with van der Waals surface area (Å²) in [6.45, 7) is 3.77. The molecular weight excluding hydrogens is 267 g/mol. The Kier molecular flexibility index (Phi) is 3.47. The van der Waals surface area contributed by atoms with E-state index in [1.165, 1.54) is 17.8 Å². The van der Waals surface area contributed by atoms with E-state index in [0.717, 1.165) is 12.0 Å². The van der Waals surface area contributed by atoms with Crippen LogP contribution in [0.5, 0.6) is 0 Å². The maximum Gasteiger partial charge on any atom is 0.139 e. The molecule has 0 spiro atoms. The van der Waals surface area contributed by atoms with Crippen molar-refractivity contribution in [2.45, 2.75) is 26.4 Å². The molecule has 0 aliphatic rings. The monoisotopic (exact) mass is 284 g/mol. The molecule has 4 heteroatoms. The molecule has 3 rings (SSSR count). The Hall–Kier alpha value is -2.20. The van der Waals surface area contributed by atoms with Crippen LogP contribution in [0.1, 0.15) is 31.2 Å². The van der Waals surface area contributed by atoms with Gasteiger partial charge in [-0.25, -0.2) is 9.37 Å². The molecule has 0 aliphatic heterocycles. The molecular formula is C17H17FN2O. The molecule has 1 atom stereocenters. The number of nitrogens with zero attached hydrogens (tertiary/aromatic N) is 2. The minimum Gasteiger partial charge on any atom is -0.387 e. The van der Waals surface area contributed by atoms with E-state index in [1.54, 1.807) is 17.4 Å². The molecule has 0 saturated heterocycles. The second-order valence-corrected chi connectivity index (χ2v) is 5.15. The summed E-state index contributed by atoms with van der Waals surface area (Å²) in [4.78, 5) is 4.54. The van der Waals surface area contributed by atoms with Gasteiger partial charge in [-0.1, -0.05) is 31.2 Å². The van der Waals surface area contributed by atoms with Crippen molar-refractivity contribution in [1.82, 2.24) is 9.38 Å². The van der Waals surface area contributed by atoms with E-state index >= 15 is 0 Å². The zero-order chi connectivity index (χ0) is 15.0. The lowest BCUT2D eigenvalue weighted by molar-refractivity contribution is 0.194. The third-order valence-electron chi connectivity index (χ3n) is 3.65. The van der Waals surface area contributed by atoms with E-state index in [-0.39, 0.29) is 5.82 Å². The molecule has 21 heavy (non-hydrogen) atoms. The van der Waals surface area contributed by atoms with Gasteiger partial charge in [0.1, 0.15) is 11.5 Å². The smallest absolute Gasteiger partial charge is 0.139 e. The Bertz CT molecular complexity index is 775. The molecule has 0 saturated carbocycles. The molecule has 1 unspecified atom stereocenters. The van der Waals surface area contributed by atoms with E-state index in [1.807, 2.05) is 24.3 Å². The molecule has 2 heterocycles. The Morgan fingerprint density at radius 3 is 2.52 bits per heavy atom. The highest BCUT2D eigenvalue weighted by molar-refractivity contribution is 5.67. The van der Waals surface area contributed by atoms with Gasteiger partial charge in [0.05, 0.1) is 17.5 Å². The number of imidazole rings is 1. The van der Waals surface area contributed by atoms with Crippen LogP contribution < -0.4 is 0 Å². The van der Waals surface area contributed by atoms with E-state index in [0.29, 0.717) is 17.0 Å². The van der Waals surface area contributed by atoms with Crippen molar-refractivity contribution in [1.29, 1.82) is 0 Å². The largest absolute Gasteiger partial charge is 0.387 e. The summed E-state index contributed by atoms with van der Waals surface area (Å²) in [6, 6.07) is 11.1. The van der Waals surface area contributed by atoms with Crippen LogP contribution in [0.4, 0.5) is 4.39 Å². The quantitative estimate of drug-likeness (QED) is 0.795. The lowest BCUT2D eigenvalue weighted by Crippen LogP contribution is -2.00. The number of fused-ring (bicyclic) bond motifs is 1. The summed E-state index contributed by atoms with van der Waals surface area (Å²) in [5.74, 6) is -0.352. The summed E-state index contributed by atoms with van der Waals surface area (Å²) >= 11 is 0. The number of pyridine rings is 1. The maximum absolute atomic E-state index is 13.5. The molecule has 0 radical (unpaired) electrons. The number of aromatic nitrogens is 2. The van der Waals surface area contributed by atoms with Crippen molar-refractivity contribution in [2.24, 2.45) is 0 Å². The van der Waals surface area contributed by atoms with Crippen LogP contribution >= 0.6 is 0 Å². The highest BCUT2D eigenvalue weighted by atomic mass is 19.1. The topological polar surface area (TPSA) is 37.5 Å². The first kappa shape index (κ1) is 13.8. The molecule has 0 bridgehead atoms. The molecule has 0 aliphatic carbocycles. The Morgan fingerprint density at radius 2 is 1.90 bits per heavy atom. The molecule has 3 aromatic rings. The standard InChI is InChI=1S/C17H17FN2O/c1-3-12-4-6-13(7-5-12)16-17(11(2)21)20-10-14(18)8-9-15(20)19-16/h4-11,21H,3H2,1-2H3. The van der Waals surface area contributed by atoms with E-state index in [4.69, 9.17) is 0 Å². The van der Waals surface area contributed by atoms with Gasteiger partial charge in [-0.3, -0.25) is 4.40 Å². The van der Waals surface area contributed by atoms with Crippen molar-refractivity contribution < 1.29 is 9.50 Å². The molecule has 1 N–H and O–H groups in total. The third-order valence-corrected chi connectivity index (χ3v) is 3.65. The van der Waals surface area contributed by atoms with Gasteiger partial charge in [-0.15, -0.1) is 0 Å². The maximum atomic E-state index is 13.5. The Morgan fingerprint density at radius 1 is 1.19 bits per heavy atom. The first-order valence-corrected chi connectivity index (χ1v) is 7.05. The van der Waals surface area contributed by atoms with Gasteiger partial charge in [-0.05, 0) is 31.0 Å². The number of aliphatic hydroxyl groups is 1. The van der Waals surface area contributed by atoms with Crippen LogP contribution in [-0.2, 0) is 6.42 Å². The molecule has 108 valence electrons. The van der Waals surface area contributed by atoms with Crippen molar-refractivity contribution >= 4 is 5.65 Å². The number of halogens is 1. The molecule has 0 amide bonds. The summed E-state index contributed by atoms with van der Waals surface area (Å²) in [7, 11) is 0. The highest BCUT2D eigenvalue weighted by Crippen LogP contribution is 2.29. The van der Waals surface area contributed by atoms with Crippen molar-refractivity contribution in [3.63, 3.8) is 0 Å². The lowest BCUT2D eigenvalue weighted by Gasteiger charge is -2.08. The van der Waals surface area contributed by atoms with E-state index in [9.17, 15) is 9.50 Å². The summed E-state index contributed by atoms with van der Waals surface area (Å²) < 4.78 is 15.1. The SMILES string of the molecule is CCc1ccc(-c2nc3ccc(F)cn3c2C(C)O)cc1. The van der Waals surface area contributed by atoms with Gasteiger partial charge >= 0.3 is 0 Å². The summed E-state index contributed by atoms with van der Waals surface area (Å²) in [5.41, 5.74) is 4.09. The van der Waals surface area contributed by atoms with Crippen LogP contribution in [0.15, 0.2) is 42.6 Å². The normalized spacial score (nSPS) is 12.8. The first-order valence-electron chi connectivity index (χ1n) is 7.05. The average Bonchev–Trinajstić information content (AvgIpc) is 2.86. The van der Waals surface area contributed by atoms with Crippen LogP contribution in [-0.4, -0.2) is 14.5 Å². The second-order valence-electron chi connectivity index (χ2n) is 5.15. The summed E-state index contributed by atoms with van der Waals surface area (Å²) in [5, 5.41) is 10.1. The van der Waals surface area contributed by atoms with Gasteiger partial charge in [0.25, 0.3) is 0 Å². The number of benzene rings is 1. The van der Waals surface area contributed by atoms with Crippen molar-refractivity contribution in [3.8, 4) is 11.3 Å². The minimum absolute atomic E-state index is 0.352. The first-order chi connectivity index (χ1) is 10.1. The number of hydrogen-bond donors (Lipinski definition) is 1. The molecule has 2 aromatic heterocycles. The summed E-state index contributed by atoms with van der Waals surface area (Å²) in [6.07, 6.45) is 1.59. The molecule has 3 nitrogen and oxygen atoms in total. The van der Waals surface area contributed by atoms with Crippen LogP contribution in [0.3, 0.4) is 0 Å². The fourth-order valence-corrected chi connectivity index (χ4v) is 2.55. The average molecular weight is 284 g/mol. The van der Waals surface area contributed by atoms with Gasteiger partial charge < -0.3 is 5.11 Å². The van der Waals surface area contributed by atoms with E-state index in [2.05, 4.69) is 11.9 Å². The molecule has 0 fully saturated rings. The minimum atomic E-state index is -0.734. The molecule has 1 aromatic carbocycles. The van der Waals surface area contributed by atoms with Gasteiger partial charge in [-0.2, -0.15) is 0 Å². The Labute approximate surface area is 122 Å². The number of rotatable bonds is 3. The van der Waals surface area contributed by atoms with Gasteiger partial charge in [0.15, 0.2) is 0 Å². The fourth-order valence-electron chi connectivity index (χ4n) is 2.55.